The standard InChI is InChI=1S/C8H19N.C3H8/c1-4-5-6-9-7-8(2)3;1-3-2/h8-9H,4-7H2,1-3H3;3H2,1-2H3. The number of unbranched alkanes of at least 4 members (excludes halogenated alkanes) is 1. The van der Waals surface area contributed by atoms with E-state index in [9.17, 15) is 0 Å². The van der Waals surface area contributed by atoms with Crippen LogP contribution in [0.25, 0.3) is 0 Å². The summed E-state index contributed by atoms with van der Waals surface area (Å²) in [4.78, 5) is 0. The van der Waals surface area contributed by atoms with Gasteiger partial charge in [0.1, 0.15) is 0 Å². The third kappa shape index (κ3) is 22.5. The molecule has 0 aliphatic carbocycles. The van der Waals surface area contributed by atoms with Crippen molar-refractivity contribution in [3.63, 3.8) is 0 Å². The molecule has 0 saturated carbocycles. The zero-order valence-corrected chi connectivity index (χ0v) is 9.61. The zero-order valence-electron chi connectivity index (χ0n) is 9.61. The van der Waals surface area contributed by atoms with Gasteiger partial charge in [0.25, 0.3) is 0 Å². The summed E-state index contributed by atoms with van der Waals surface area (Å²) in [6.45, 7) is 13.3. The second kappa shape index (κ2) is 13.5. The molecule has 0 saturated heterocycles. The van der Waals surface area contributed by atoms with Crippen LogP contribution < -0.4 is 5.32 Å². The summed E-state index contributed by atoms with van der Waals surface area (Å²) in [7, 11) is 0. The fraction of sp³-hybridized carbons (Fsp3) is 1.00. The maximum absolute atomic E-state index is 3.39. The van der Waals surface area contributed by atoms with E-state index in [0.29, 0.717) is 0 Å². The fourth-order valence-corrected chi connectivity index (χ4v) is 0.693. The van der Waals surface area contributed by atoms with Crippen molar-refractivity contribution in [3.8, 4) is 0 Å². The first-order chi connectivity index (χ1) is 5.68. The lowest BCUT2D eigenvalue weighted by atomic mass is 10.2. The van der Waals surface area contributed by atoms with Crippen molar-refractivity contribution in [2.45, 2.75) is 53.9 Å². The van der Waals surface area contributed by atoms with Gasteiger partial charge in [-0.1, -0.05) is 47.5 Å². The third-order valence-electron chi connectivity index (χ3n) is 1.26. The highest BCUT2D eigenvalue weighted by atomic mass is 14.8. The smallest absolute Gasteiger partial charge is 0.00258 e. The Balaban J connectivity index is 0. The van der Waals surface area contributed by atoms with E-state index < -0.39 is 0 Å². The van der Waals surface area contributed by atoms with Crippen molar-refractivity contribution >= 4 is 0 Å². The molecule has 0 spiro atoms. The second-order valence-electron chi connectivity index (χ2n) is 3.66. The van der Waals surface area contributed by atoms with Crippen LogP contribution in [0.4, 0.5) is 0 Å². The van der Waals surface area contributed by atoms with Crippen molar-refractivity contribution in [1.82, 2.24) is 5.32 Å². The fourth-order valence-electron chi connectivity index (χ4n) is 0.693. The topological polar surface area (TPSA) is 12.0 Å². The lowest BCUT2D eigenvalue weighted by Crippen LogP contribution is -2.20. The number of nitrogens with one attached hydrogen (secondary N) is 1. The average molecular weight is 173 g/mol. The molecule has 0 aliphatic rings. The van der Waals surface area contributed by atoms with Gasteiger partial charge in [0, 0.05) is 0 Å². The molecule has 1 N–H and O–H groups in total. The predicted octanol–water partition coefficient (Wildman–Crippen LogP) is 3.45. The van der Waals surface area contributed by atoms with Gasteiger partial charge < -0.3 is 5.32 Å². The van der Waals surface area contributed by atoms with Gasteiger partial charge in [-0.3, -0.25) is 0 Å². The van der Waals surface area contributed by atoms with E-state index in [2.05, 4.69) is 39.9 Å². The minimum absolute atomic E-state index is 0.793. The largest absolute Gasteiger partial charge is 0.316 e. The second-order valence-corrected chi connectivity index (χ2v) is 3.66. The summed E-state index contributed by atoms with van der Waals surface area (Å²) >= 11 is 0. The summed E-state index contributed by atoms with van der Waals surface area (Å²) in [6.07, 6.45) is 3.86. The molecule has 0 amide bonds. The van der Waals surface area contributed by atoms with Crippen LogP contribution in [0, 0.1) is 5.92 Å². The lowest BCUT2D eigenvalue weighted by Gasteiger charge is -2.05. The minimum atomic E-state index is 0.793. The van der Waals surface area contributed by atoms with Gasteiger partial charge in [-0.25, -0.2) is 0 Å². The Morgan fingerprint density at radius 2 is 1.58 bits per heavy atom. The maximum atomic E-state index is 3.39. The summed E-state index contributed by atoms with van der Waals surface area (Å²) in [5.74, 6) is 0.793. The normalized spacial score (nSPS) is 9.50. The molecule has 0 unspecified atom stereocenters. The number of hydrogen-bond donors (Lipinski definition) is 1. The van der Waals surface area contributed by atoms with Crippen LogP contribution in [0.3, 0.4) is 0 Å². The van der Waals surface area contributed by atoms with Crippen LogP contribution in [-0.4, -0.2) is 13.1 Å². The van der Waals surface area contributed by atoms with Crippen LogP contribution >= 0.6 is 0 Å². The molecule has 0 radical (unpaired) electrons. The van der Waals surface area contributed by atoms with E-state index >= 15 is 0 Å². The summed E-state index contributed by atoms with van der Waals surface area (Å²) in [5.41, 5.74) is 0. The maximum Gasteiger partial charge on any atom is -0.00258 e. The van der Waals surface area contributed by atoms with E-state index in [4.69, 9.17) is 0 Å². The molecule has 0 heterocycles. The van der Waals surface area contributed by atoms with Crippen LogP contribution in [0.15, 0.2) is 0 Å². The van der Waals surface area contributed by atoms with Gasteiger partial charge in [-0.05, 0) is 25.4 Å². The molecular formula is C11H27N. The molecule has 1 heteroatoms. The molecule has 76 valence electrons. The molecule has 0 aliphatic heterocycles. The van der Waals surface area contributed by atoms with Gasteiger partial charge in [0.05, 0.1) is 0 Å². The molecule has 0 fully saturated rings. The number of rotatable bonds is 5. The summed E-state index contributed by atoms with van der Waals surface area (Å²) in [6, 6.07) is 0. The Kier molecular flexibility index (Phi) is 16.3. The van der Waals surface area contributed by atoms with Crippen molar-refractivity contribution in [3.05, 3.63) is 0 Å². The molecule has 0 aromatic rings. The van der Waals surface area contributed by atoms with E-state index in [1.54, 1.807) is 0 Å². The molecule has 12 heavy (non-hydrogen) atoms. The molecule has 0 atom stereocenters. The molecule has 0 rings (SSSR count). The van der Waals surface area contributed by atoms with E-state index in [0.717, 1.165) is 5.92 Å². The van der Waals surface area contributed by atoms with E-state index in [1.165, 1.54) is 32.4 Å². The molecule has 0 bridgehead atoms. The third-order valence-corrected chi connectivity index (χ3v) is 1.26. The SMILES string of the molecule is CCC.CCCCNCC(C)C. The summed E-state index contributed by atoms with van der Waals surface area (Å²) in [5, 5.41) is 3.39. The van der Waals surface area contributed by atoms with E-state index in [1.807, 2.05) is 0 Å². The van der Waals surface area contributed by atoms with Gasteiger partial charge in [-0.2, -0.15) is 0 Å². The quantitative estimate of drug-likeness (QED) is 0.628. The van der Waals surface area contributed by atoms with Crippen molar-refractivity contribution in [2.24, 2.45) is 5.92 Å². The molecule has 0 aromatic carbocycles. The van der Waals surface area contributed by atoms with Crippen molar-refractivity contribution in [1.29, 1.82) is 0 Å². The Labute approximate surface area is 78.9 Å². The Bertz CT molecular complexity index is 60.0. The Morgan fingerprint density at radius 1 is 1.08 bits per heavy atom. The van der Waals surface area contributed by atoms with E-state index in [-0.39, 0.29) is 0 Å². The van der Waals surface area contributed by atoms with Gasteiger partial charge in [0.2, 0.25) is 0 Å². The Hall–Kier alpha value is -0.0400. The first-order valence-corrected chi connectivity index (χ1v) is 5.39. The predicted molar refractivity (Wildman–Crippen MR) is 58.6 cm³/mol. The highest BCUT2D eigenvalue weighted by Crippen LogP contribution is 1.88. The molecule has 1 nitrogen and oxygen atoms in total. The Morgan fingerprint density at radius 3 is 1.92 bits per heavy atom. The molecule has 0 aromatic heterocycles. The van der Waals surface area contributed by atoms with Crippen LogP contribution in [0.1, 0.15) is 53.9 Å². The van der Waals surface area contributed by atoms with Gasteiger partial charge in [0.15, 0.2) is 0 Å². The van der Waals surface area contributed by atoms with Crippen LogP contribution in [0.5, 0.6) is 0 Å². The summed E-state index contributed by atoms with van der Waals surface area (Å²) < 4.78 is 0. The highest BCUT2D eigenvalue weighted by Gasteiger charge is 1.89. The van der Waals surface area contributed by atoms with Crippen molar-refractivity contribution < 1.29 is 0 Å². The minimum Gasteiger partial charge on any atom is -0.316 e. The zero-order chi connectivity index (χ0) is 9.82. The lowest BCUT2D eigenvalue weighted by molar-refractivity contribution is 0.540. The van der Waals surface area contributed by atoms with Crippen LogP contribution in [-0.2, 0) is 0 Å². The van der Waals surface area contributed by atoms with Gasteiger partial charge >= 0.3 is 0 Å². The van der Waals surface area contributed by atoms with Crippen LogP contribution in [0.2, 0.25) is 0 Å². The number of hydrogen-bond acceptors (Lipinski definition) is 1. The first-order valence-electron chi connectivity index (χ1n) is 5.39. The van der Waals surface area contributed by atoms with Crippen molar-refractivity contribution in [2.75, 3.05) is 13.1 Å². The highest BCUT2D eigenvalue weighted by molar-refractivity contribution is 4.49. The van der Waals surface area contributed by atoms with Gasteiger partial charge in [-0.15, -0.1) is 0 Å². The molecular weight excluding hydrogens is 146 g/mol. The average Bonchev–Trinajstić information content (AvgIpc) is 1.99. The monoisotopic (exact) mass is 173 g/mol. The first kappa shape index (κ1) is 14.5.